The molecule has 1 heterocycles. The SMILES string of the molecule is COc1ccc(S(=O)(=O)N2C[C@@H](CCl)[C@H](c3ccccc3)C2)cc1. The van der Waals surface area contributed by atoms with Gasteiger partial charge in [0.15, 0.2) is 0 Å². The molecule has 3 rings (SSSR count). The van der Waals surface area contributed by atoms with E-state index >= 15 is 0 Å². The summed E-state index contributed by atoms with van der Waals surface area (Å²) >= 11 is 6.12. The summed E-state index contributed by atoms with van der Waals surface area (Å²) in [6.45, 7) is 0.896. The van der Waals surface area contributed by atoms with Crippen molar-refractivity contribution in [3.8, 4) is 5.75 Å². The first kappa shape index (κ1) is 17.3. The van der Waals surface area contributed by atoms with E-state index in [2.05, 4.69) is 0 Å². The number of hydrogen-bond donors (Lipinski definition) is 0. The maximum atomic E-state index is 12.9. The number of sulfonamides is 1. The van der Waals surface area contributed by atoms with Gasteiger partial charge in [-0.3, -0.25) is 0 Å². The molecule has 2 aromatic rings. The van der Waals surface area contributed by atoms with Crippen LogP contribution in [0.5, 0.6) is 5.75 Å². The van der Waals surface area contributed by atoms with Crippen LogP contribution < -0.4 is 4.74 Å². The van der Waals surface area contributed by atoms with Crippen LogP contribution in [0, 0.1) is 5.92 Å². The van der Waals surface area contributed by atoms with Gasteiger partial charge in [-0.05, 0) is 35.7 Å². The molecule has 1 aliphatic rings. The summed E-state index contributed by atoms with van der Waals surface area (Å²) < 4.78 is 32.5. The van der Waals surface area contributed by atoms with E-state index in [0.29, 0.717) is 24.7 Å². The number of hydrogen-bond acceptors (Lipinski definition) is 3. The van der Waals surface area contributed by atoms with Crippen LogP contribution >= 0.6 is 11.6 Å². The molecule has 2 atom stereocenters. The number of benzene rings is 2. The average molecular weight is 366 g/mol. The molecule has 0 bridgehead atoms. The second-order valence-corrected chi connectivity index (χ2v) is 8.18. The van der Waals surface area contributed by atoms with Crippen molar-refractivity contribution in [1.82, 2.24) is 4.31 Å². The van der Waals surface area contributed by atoms with E-state index in [0.717, 1.165) is 5.56 Å². The van der Waals surface area contributed by atoms with E-state index in [1.54, 1.807) is 35.7 Å². The number of methoxy groups -OCH3 is 1. The van der Waals surface area contributed by atoms with Crippen molar-refractivity contribution < 1.29 is 13.2 Å². The first-order valence-corrected chi connectivity index (χ1v) is 9.79. The summed E-state index contributed by atoms with van der Waals surface area (Å²) in [6, 6.07) is 16.5. The van der Waals surface area contributed by atoms with Crippen molar-refractivity contribution in [2.24, 2.45) is 5.92 Å². The summed E-state index contributed by atoms with van der Waals surface area (Å²) in [5, 5.41) is 0. The molecule has 0 spiro atoms. The average Bonchev–Trinajstić information content (AvgIpc) is 3.08. The van der Waals surface area contributed by atoms with Crippen molar-refractivity contribution in [2.75, 3.05) is 26.1 Å². The molecule has 0 aliphatic carbocycles. The minimum atomic E-state index is -3.53. The highest BCUT2D eigenvalue weighted by molar-refractivity contribution is 7.89. The lowest BCUT2D eigenvalue weighted by atomic mass is 9.90. The van der Waals surface area contributed by atoms with Gasteiger partial charge in [-0.2, -0.15) is 4.31 Å². The van der Waals surface area contributed by atoms with Gasteiger partial charge in [-0.1, -0.05) is 30.3 Å². The predicted octanol–water partition coefficient (Wildman–Crippen LogP) is 3.34. The van der Waals surface area contributed by atoms with Crippen molar-refractivity contribution in [2.45, 2.75) is 10.8 Å². The molecular weight excluding hydrogens is 346 g/mol. The third-order valence-electron chi connectivity index (χ3n) is 4.53. The number of ether oxygens (including phenoxy) is 1. The smallest absolute Gasteiger partial charge is 0.243 e. The molecule has 2 aromatic carbocycles. The Labute approximate surface area is 148 Å². The first-order chi connectivity index (χ1) is 11.6. The van der Waals surface area contributed by atoms with Crippen molar-refractivity contribution in [3.05, 3.63) is 60.2 Å². The molecule has 128 valence electrons. The van der Waals surface area contributed by atoms with Gasteiger partial charge in [0.05, 0.1) is 12.0 Å². The number of rotatable bonds is 5. The van der Waals surface area contributed by atoms with E-state index in [4.69, 9.17) is 16.3 Å². The fourth-order valence-electron chi connectivity index (χ4n) is 3.16. The van der Waals surface area contributed by atoms with Crippen LogP contribution in [-0.4, -0.2) is 38.8 Å². The van der Waals surface area contributed by atoms with Crippen LogP contribution in [0.2, 0.25) is 0 Å². The topological polar surface area (TPSA) is 46.6 Å². The van der Waals surface area contributed by atoms with E-state index in [1.165, 1.54) is 0 Å². The van der Waals surface area contributed by atoms with Crippen molar-refractivity contribution in [1.29, 1.82) is 0 Å². The van der Waals surface area contributed by atoms with Crippen LogP contribution in [0.4, 0.5) is 0 Å². The lowest BCUT2D eigenvalue weighted by Crippen LogP contribution is -2.29. The fourth-order valence-corrected chi connectivity index (χ4v) is 4.99. The third-order valence-corrected chi connectivity index (χ3v) is 6.77. The lowest BCUT2D eigenvalue weighted by molar-refractivity contribution is 0.414. The molecule has 1 fully saturated rings. The van der Waals surface area contributed by atoms with Gasteiger partial charge in [0.25, 0.3) is 0 Å². The molecule has 1 aliphatic heterocycles. The summed E-state index contributed by atoms with van der Waals surface area (Å²) in [5.74, 6) is 1.31. The van der Waals surface area contributed by atoms with E-state index in [-0.39, 0.29) is 16.7 Å². The van der Waals surface area contributed by atoms with Crippen molar-refractivity contribution >= 4 is 21.6 Å². The van der Waals surface area contributed by atoms with Crippen LogP contribution in [0.1, 0.15) is 11.5 Å². The Hall–Kier alpha value is -1.56. The largest absolute Gasteiger partial charge is 0.497 e. The minimum Gasteiger partial charge on any atom is -0.497 e. The van der Waals surface area contributed by atoms with Crippen LogP contribution in [0.25, 0.3) is 0 Å². The highest BCUT2D eigenvalue weighted by Gasteiger charge is 2.39. The maximum Gasteiger partial charge on any atom is 0.243 e. The summed E-state index contributed by atoms with van der Waals surface area (Å²) in [6.07, 6.45) is 0. The zero-order valence-corrected chi connectivity index (χ0v) is 15.0. The Morgan fingerprint density at radius 3 is 2.33 bits per heavy atom. The molecule has 0 aromatic heterocycles. The number of alkyl halides is 1. The van der Waals surface area contributed by atoms with Crippen molar-refractivity contribution in [3.63, 3.8) is 0 Å². The lowest BCUT2D eigenvalue weighted by Gasteiger charge is -2.17. The normalized spacial score (nSPS) is 21.8. The molecule has 6 heteroatoms. The Morgan fingerprint density at radius 1 is 1.08 bits per heavy atom. The minimum absolute atomic E-state index is 0.113. The molecule has 0 unspecified atom stereocenters. The van der Waals surface area contributed by atoms with Gasteiger partial charge in [-0.25, -0.2) is 8.42 Å². The summed E-state index contributed by atoms with van der Waals surface area (Å²) in [5.41, 5.74) is 1.13. The Balaban J connectivity index is 1.86. The zero-order valence-electron chi connectivity index (χ0n) is 13.4. The zero-order chi connectivity index (χ0) is 17.2. The molecule has 0 amide bonds. The van der Waals surface area contributed by atoms with Gasteiger partial charge >= 0.3 is 0 Å². The van der Waals surface area contributed by atoms with Gasteiger partial charge in [0.2, 0.25) is 10.0 Å². The molecular formula is C18H20ClNO3S. The standard InChI is InChI=1S/C18H20ClNO3S/c1-23-16-7-9-17(10-8-16)24(21,22)20-12-15(11-19)18(13-20)14-5-3-2-4-6-14/h2-10,15,18H,11-13H2,1H3/t15-,18+/m1/s1. The highest BCUT2D eigenvalue weighted by Crippen LogP contribution is 2.36. The summed E-state index contributed by atoms with van der Waals surface area (Å²) in [4.78, 5) is 0.283. The highest BCUT2D eigenvalue weighted by atomic mass is 35.5. The molecule has 0 saturated carbocycles. The number of nitrogens with zero attached hydrogens (tertiary/aromatic N) is 1. The molecule has 4 nitrogen and oxygen atoms in total. The fraction of sp³-hybridized carbons (Fsp3) is 0.333. The van der Waals surface area contributed by atoms with Gasteiger partial charge in [0, 0.05) is 24.9 Å². The Morgan fingerprint density at radius 2 is 1.75 bits per heavy atom. The molecule has 24 heavy (non-hydrogen) atoms. The quantitative estimate of drug-likeness (QED) is 0.763. The van der Waals surface area contributed by atoms with Crippen LogP contribution in [0.15, 0.2) is 59.5 Å². The maximum absolute atomic E-state index is 12.9. The molecule has 1 saturated heterocycles. The summed E-state index contributed by atoms with van der Waals surface area (Å²) in [7, 11) is -1.97. The predicted molar refractivity (Wildman–Crippen MR) is 95.1 cm³/mol. The van der Waals surface area contributed by atoms with Gasteiger partial charge < -0.3 is 4.74 Å². The number of halogens is 1. The van der Waals surface area contributed by atoms with E-state index in [9.17, 15) is 8.42 Å². The second-order valence-electron chi connectivity index (χ2n) is 5.93. The van der Waals surface area contributed by atoms with Gasteiger partial charge in [-0.15, -0.1) is 11.6 Å². The second kappa shape index (κ2) is 7.13. The first-order valence-electron chi connectivity index (χ1n) is 7.81. The van der Waals surface area contributed by atoms with Gasteiger partial charge in [0.1, 0.15) is 5.75 Å². The monoisotopic (exact) mass is 365 g/mol. The molecule has 0 N–H and O–H groups in total. The Bertz CT molecular complexity index is 778. The van der Waals surface area contributed by atoms with E-state index < -0.39 is 10.0 Å². The van der Waals surface area contributed by atoms with Crippen LogP contribution in [0.3, 0.4) is 0 Å². The van der Waals surface area contributed by atoms with E-state index in [1.807, 2.05) is 30.3 Å². The Kier molecular flexibility index (Phi) is 5.13. The van der Waals surface area contributed by atoms with Crippen LogP contribution in [-0.2, 0) is 10.0 Å². The molecule has 0 radical (unpaired) electrons. The third kappa shape index (κ3) is 3.29.